The van der Waals surface area contributed by atoms with E-state index < -0.39 is 0 Å². The van der Waals surface area contributed by atoms with Crippen molar-refractivity contribution in [2.45, 2.75) is 26.4 Å². The third-order valence-corrected chi connectivity index (χ3v) is 3.60. The Morgan fingerprint density at radius 3 is 2.68 bits per heavy atom. The summed E-state index contributed by atoms with van der Waals surface area (Å²) >= 11 is 3.36. The molecule has 0 radical (unpaired) electrons. The average molecular weight is 326 g/mol. The number of hydrogen-bond acceptors (Lipinski definition) is 3. The van der Waals surface area contributed by atoms with E-state index in [1.54, 1.807) is 17.0 Å². The summed E-state index contributed by atoms with van der Waals surface area (Å²) in [5.74, 6) is -0.309. The lowest BCUT2D eigenvalue weighted by Gasteiger charge is -2.14. The second-order valence-corrected chi connectivity index (χ2v) is 5.71. The number of carbonyl (C=O) groups excluding carboxylic acids is 2. The van der Waals surface area contributed by atoms with Crippen molar-refractivity contribution in [1.29, 1.82) is 0 Å². The first-order valence-corrected chi connectivity index (χ1v) is 6.98. The molecule has 1 heterocycles. The second kappa shape index (κ2) is 5.74. The van der Waals surface area contributed by atoms with Crippen molar-refractivity contribution in [2.24, 2.45) is 0 Å². The highest BCUT2D eigenvalue weighted by atomic mass is 79.9. The number of esters is 1. The Hall–Kier alpha value is -1.36. The van der Waals surface area contributed by atoms with Crippen molar-refractivity contribution in [1.82, 2.24) is 4.90 Å². The van der Waals surface area contributed by atoms with Crippen LogP contribution < -0.4 is 0 Å². The van der Waals surface area contributed by atoms with E-state index in [1.165, 1.54) is 6.92 Å². The van der Waals surface area contributed by atoms with Crippen molar-refractivity contribution >= 4 is 27.8 Å². The molecular formula is C14H16BrNO3. The molecule has 0 aromatic heterocycles. The predicted octanol–water partition coefficient (Wildman–Crippen LogP) is 2.54. The molecule has 1 aliphatic heterocycles. The van der Waals surface area contributed by atoms with Gasteiger partial charge in [-0.3, -0.25) is 4.79 Å². The second-order valence-electron chi connectivity index (χ2n) is 4.80. The molecule has 1 fully saturated rings. The molecule has 19 heavy (non-hydrogen) atoms. The number of nitrogens with zero attached hydrogens (tertiary/aromatic N) is 1. The van der Waals surface area contributed by atoms with Crippen LogP contribution in [0, 0.1) is 6.92 Å². The third kappa shape index (κ3) is 3.56. The molecule has 2 rings (SSSR count). The maximum absolute atomic E-state index is 12.0. The van der Waals surface area contributed by atoms with Crippen molar-refractivity contribution < 1.29 is 14.3 Å². The summed E-state index contributed by atoms with van der Waals surface area (Å²) in [6, 6.07) is 5.47. The average Bonchev–Trinajstić information content (AvgIpc) is 2.76. The number of halogens is 1. The molecule has 0 aliphatic carbocycles. The minimum absolute atomic E-state index is 0.0249. The zero-order valence-corrected chi connectivity index (χ0v) is 12.6. The van der Waals surface area contributed by atoms with Crippen molar-refractivity contribution in [3.8, 4) is 0 Å². The highest BCUT2D eigenvalue weighted by molar-refractivity contribution is 9.10. The normalized spacial score (nSPS) is 18.5. The Kier molecular flexibility index (Phi) is 4.24. The summed E-state index contributed by atoms with van der Waals surface area (Å²) in [7, 11) is 0. The van der Waals surface area contributed by atoms with Gasteiger partial charge in [0.05, 0.1) is 12.1 Å². The van der Waals surface area contributed by atoms with E-state index in [0.717, 1.165) is 10.0 Å². The van der Waals surface area contributed by atoms with Gasteiger partial charge in [0.25, 0.3) is 0 Å². The molecule has 1 aromatic carbocycles. The maximum Gasteiger partial charge on any atom is 0.338 e. The Labute approximate surface area is 120 Å². The Morgan fingerprint density at radius 2 is 2.11 bits per heavy atom. The zero-order chi connectivity index (χ0) is 14.0. The van der Waals surface area contributed by atoms with Crippen molar-refractivity contribution in [2.75, 3.05) is 13.1 Å². The standard InChI is InChI=1S/C14H16BrNO3/c1-9-5-11(7-12(15)6-9)14(18)19-13-3-4-16(8-13)10(2)17/h5-7,13H,3-4,8H2,1-2H3/t13-/m0/s1. The fourth-order valence-electron chi connectivity index (χ4n) is 2.18. The minimum atomic E-state index is -0.334. The molecule has 0 N–H and O–H groups in total. The summed E-state index contributed by atoms with van der Waals surface area (Å²) in [5, 5.41) is 0. The van der Waals surface area contributed by atoms with E-state index in [2.05, 4.69) is 15.9 Å². The largest absolute Gasteiger partial charge is 0.457 e. The first-order valence-electron chi connectivity index (χ1n) is 6.19. The molecule has 0 bridgehead atoms. The van der Waals surface area contributed by atoms with Crippen LogP contribution in [0.25, 0.3) is 0 Å². The van der Waals surface area contributed by atoms with E-state index in [9.17, 15) is 9.59 Å². The number of hydrogen-bond donors (Lipinski definition) is 0. The quantitative estimate of drug-likeness (QED) is 0.785. The first-order chi connectivity index (χ1) is 8.95. The molecule has 102 valence electrons. The van der Waals surface area contributed by atoms with Gasteiger partial charge < -0.3 is 9.64 Å². The van der Waals surface area contributed by atoms with Gasteiger partial charge in [-0.2, -0.15) is 0 Å². The Bertz CT molecular complexity index is 495. The van der Waals surface area contributed by atoms with Gasteiger partial charge in [-0.1, -0.05) is 15.9 Å². The van der Waals surface area contributed by atoms with E-state index in [1.807, 2.05) is 13.0 Å². The molecule has 1 amide bonds. The lowest BCUT2D eigenvalue weighted by molar-refractivity contribution is -0.128. The van der Waals surface area contributed by atoms with Gasteiger partial charge in [-0.05, 0) is 30.7 Å². The minimum Gasteiger partial charge on any atom is -0.457 e. The molecule has 4 nitrogen and oxygen atoms in total. The van der Waals surface area contributed by atoms with E-state index in [0.29, 0.717) is 25.1 Å². The lowest BCUT2D eigenvalue weighted by Crippen LogP contribution is -2.28. The lowest BCUT2D eigenvalue weighted by atomic mass is 10.1. The van der Waals surface area contributed by atoms with Crippen molar-refractivity contribution in [3.05, 3.63) is 33.8 Å². The number of rotatable bonds is 2. The molecule has 0 saturated carbocycles. The topological polar surface area (TPSA) is 46.6 Å². The van der Waals surface area contributed by atoms with Crippen LogP contribution in [0.15, 0.2) is 22.7 Å². The third-order valence-electron chi connectivity index (χ3n) is 3.14. The monoisotopic (exact) mass is 325 g/mol. The summed E-state index contributed by atoms with van der Waals surface area (Å²) < 4.78 is 6.29. The Balaban J connectivity index is 2.00. The van der Waals surface area contributed by atoms with Gasteiger partial charge >= 0.3 is 5.97 Å². The first kappa shape index (κ1) is 14.1. The smallest absolute Gasteiger partial charge is 0.338 e. The number of amides is 1. The molecule has 5 heteroatoms. The van der Waals surface area contributed by atoms with E-state index >= 15 is 0 Å². The predicted molar refractivity (Wildman–Crippen MR) is 75.0 cm³/mol. The summed E-state index contributed by atoms with van der Waals surface area (Å²) in [6.45, 7) is 4.61. The van der Waals surface area contributed by atoms with Crippen LogP contribution in [0.3, 0.4) is 0 Å². The molecule has 0 unspecified atom stereocenters. The van der Waals surface area contributed by atoms with Crippen LogP contribution in [0.2, 0.25) is 0 Å². The molecule has 1 atom stereocenters. The fourth-order valence-corrected chi connectivity index (χ4v) is 2.79. The van der Waals surface area contributed by atoms with E-state index in [-0.39, 0.29) is 18.0 Å². The van der Waals surface area contributed by atoms with Crippen LogP contribution in [0.5, 0.6) is 0 Å². The zero-order valence-electron chi connectivity index (χ0n) is 11.0. The summed E-state index contributed by atoms with van der Waals surface area (Å²) in [6.07, 6.45) is 0.508. The van der Waals surface area contributed by atoms with Gasteiger partial charge in [0.15, 0.2) is 0 Å². The van der Waals surface area contributed by atoms with Gasteiger partial charge in [0.1, 0.15) is 6.10 Å². The fraction of sp³-hybridized carbons (Fsp3) is 0.429. The molecule has 0 spiro atoms. The number of likely N-dealkylation sites (tertiary alicyclic amines) is 1. The number of carbonyl (C=O) groups is 2. The summed E-state index contributed by atoms with van der Waals surface area (Å²) in [5.41, 5.74) is 1.53. The van der Waals surface area contributed by atoms with Crippen molar-refractivity contribution in [3.63, 3.8) is 0 Å². The number of ether oxygens (including phenoxy) is 1. The van der Waals surface area contributed by atoms with Gasteiger partial charge in [-0.25, -0.2) is 4.79 Å². The highest BCUT2D eigenvalue weighted by Gasteiger charge is 2.27. The van der Waals surface area contributed by atoms with E-state index in [4.69, 9.17) is 4.74 Å². The van der Waals surface area contributed by atoms with Crippen LogP contribution in [0.4, 0.5) is 0 Å². The maximum atomic E-state index is 12.0. The van der Waals surface area contributed by atoms with Crippen LogP contribution in [0.1, 0.15) is 29.3 Å². The van der Waals surface area contributed by atoms with Gasteiger partial charge in [0, 0.05) is 24.4 Å². The van der Waals surface area contributed by atoms with Gasteiger partial charge in [0.2, 0.25) is 5.91 Å². The van der Waals surface area contributed by atoms with Gasteiger partial charge in [-0.15, -0.1) is 0 Å². The SMILES string of the molecule is CC(=O)N1CC[C@H](OC(=O)c2cc(C)cc(Br)c2)C1. The Morgan fingerprint density at radius 1 is 1.37 bits per heavy atom. The number of aryl methyl sites for hydroxylation is 1. The highest BCUT2D eigenvalue weighted by Crippen LogP contribution is 2.19. The summed E-state index contributed by atoms with van der Waals surface area (Å²) in [4.78, 5) is 24.9. The molecular weight excluding hydrogens is 310 g/mol. The number of benzene rings is 1. The molecule has 1 aromatic rings. The van der Waals surface area contributed by atoms with Crippen LogP contribution in [-0.2, 0) is 9.53 Å². The van der Waals surface area contributed by atoms with Crippen LogP contribution >= 0.6 is 15.9 Å². The molecule has 1 saturated heterocycles. The molecule has 1 aliphatic rings. The van der Waals surface area contributed by atoms with Crippen LogP contribution in [-0.4, -0.2) is 36.0 Å².